The molecule has 0 radical (unpaired) electrons. The van der Waals surface area contributed by atoms with Crippen LogP contribution in [0.3, 0.4) is 0 Å². The predicted octanol–water partition coefficient (Wildman–Crippen LogP) is 0.0728. The van der Waals surface area contributed by atoms with Gasteiger partial charge < -0.3 is 9.84 Å². The molecule has 1 saturated heterocycles. The third-order valence-electron chi connectivity index (χ3n) is 1.34. The van der Waals surface area contributed by atoms with Crippen LogP contribution in [0.25, 0.3) is 0 Å². The highest BCUT2D eigenvalue weighted by atomic mass is 16.5. The van der Waals surface area contributed by atoms with Crippen molar-refractivity contribution >= 4 is 5.97 Å². The molecule has 0 amide bonds. The Morgan fingerprint density at radius 1 is 1.78 bits per heavy atom. The summed E-state index contributed by atoms with van der Waals surface area (Å²) in [5.41, 5.74) is 0. The molecule has 0 bridgehead atoms. The fourth-order valence-electron chi connectivity index (χ4n) is 0.979. The van der Waals surface area contributed by atoms with Crippen molar-refractivity contribution in [2.24, 2.45) is 0 Å². The first-order valence-electron chi connectivity index (χ1n) is 3.06. The van der Waals surface area contributed by atoms with E-state index in [0.717, 1.165) is 0 Å². The summed E-state index contributed by atoms with van der Waals surface area (Å²) in [5, 5.41) is 8.95. The fraction of sp³-hybridized carbons (Fsp3) is 0.833. The van der Waals surface area contributed by atoms with E-state index in [9.17, 15) is 4.79 Å². The molecule has 1 aliphatic rings. The van der Waals surface area contributed by atoms with Gasteiger partial charge in [-0.05, 0) is 6.92 Å². The largest absolute Gasteiger partial charge is 0.462 e. The normalized spacial score (nSPS) is 36.0. The Labute approximate surface area is 53.6 Å². The van der Waals surface area contributed by atoms with Gasteiger partial charge in [0.2, 0.25) is 0 Å². The van der Waals surface area contributed by atoms with Crippen molar-refractivity contribution in [1.82, 2.24) is 0 Å². The Morgan fingerprint density at radius 3 is 2.89 bits per heavy atom. The Balaban J connectivity index is 2.43. The molecule has 1 aliphatic heterocycles. The molecule has 52 valence electrons. The van der Waals surface area contributed by atoms with E-state index in [1.54, 1.807) is 6.92 Å². The zero-order valence-electron chi connectivity index (χ0n) is 5.33. The molecule has 0 aromatic carbocycles. The molecule has 0 spiro atoms. The van der Waals surface area contributed by atoms with E-state index >= 15 is 0 Å². The molecule has 1 fully saturated rings. The average molecular weight is 130 g/mol. The highest BCUT2D eigenvalue weighted by Crippen LogP contribution is 2.13. The van der Waals surface area contributed by atoms with Crippen molar-refractivity contribution < 1.29 is 14.6 Å². The molecule has 0 aromatic rings. The van der Waals surface area contributed by atoms with Crippen molar-refractivity contribution in [2.75, 3.05) is 0 Å². The quantitative estimate of drug-likeness (QED) is 0.472. The second kappa shape index (κ2) is 2.35. The SMILES string of the molecule is C[C@@H]1C[C@H](O)CC(=O)O1. The summed E-state index contributed by atoms with van der Waals surface area (Å²) in [4.78, 5) is 10.5. The van der Waals surface area contributed by atoms with Gasteiger partial charge in [0.1, 0.15) is 6.10 Å². The summed E-state index contributed by atoms with van der Waals surface area (Å²) in [5.74, 6) is -0.291. The molecule has 1 N–H and O–H groups in total. The van der Waals surface area contributed by atoms with Crippen molar-refractivity contribution in [3.05, 3.63) is 0 Å². The molecule has 0 saturated carbocycles. The number of hydrogen-bond donors (Lipinski definition) is 1. The molecule has 3 heteroatoms. The van der Waals surface area contributed by atoms with Crippen molar-refractivity contribution in [1.29, 1.82) is 0 Å². The van der Waals surface area contributed by atoms with Crippen LogP contribution in [0.2, 0.25) is 0 Å². The van der Waals surface area contributed by atoms with Crippen LogP contribution < -0.4 is 0 Å². The van der Waals surface area contributed by atoms with Crippen LogP contribution in [0, 0.1) is 0 Å². The van der Waals surface area contributed by atoms with E-state index in [4.69, 9.17) is 9.84 Å². The van der Waals surface area contributed by atoms with Crippen LogP contribution in [0.4, 0.5) is 0 Å². The van der Waals surface area contributed by atoms with Gasteiger partial charge in [-0.25, -0.2) is 0 Å². The highest BCUT2D eigenvalue weighted by Gasteiger charge is 2.23. The van der Waals surface area contributed by atoms with Gasteiger partial charge in [0.05, 0.1) is 12.5 Å². The monoisotopic (exact) mass is 130 g/mol. The van der Waals surface area contributed by atoms with Crippen LogP contribution in [0.5, 0.6) is 0 Å². The topological polar surface area (TPSA) is 46.5 Å². The maximum Gasteiger partial charge on any atom is 0.308 e. The minimum absolute atomic E-state index is 0.110. The summed E-state index contributed by atoms with van der Waals surface area (Å²) in [6, 6.07) is 0. The molecular formula is C6H10O3. The second-order valence-electron chi connectivity index (χ2n) is 2.39. The van der Waals surface area contributed by atoms with E-state index in [2.05, 4.69) is 0 Å². The van der Waals surface area contributed by atoms with Gasteiger partial charge >= 0.3 is 5.97 Å². The van der Waals surface area contributed by atoms with E-state index in [0.29, 0.717) is 6.42 Å². The molecule has 9 heavy (non-hydrogen) atoms. The number of aliphatic hydroxyl groups is 1. The number of aliphatic hydroxyl groups excluding tert-OH is 1. The van der Waals surface area contributed by atoms with Gasteiger partial charge in [-0.1, -0.05) is 0 Å². The lowest BCUT2D eigenvalue weighted by molar-refractivity contribution is -0.158. The molecule has 2 atom stereocenters. The predicted molar refractivity (Wildman–Crippen MR) is 30.8 cm³/mol. The molecule has 0 aliphatic carbocycles. The Bertz CT molecular complexity index is 109. The zero-order chi connectivity index (χ0) is 6.85. The van der Waals surface area contributed by atoms with Crippen molar-refractivity contribution in [2.45, 2.75) is 32.0 Å². The number of ether oxygens (including phenoxy) is 1. The summed E-state index contributed by atoms with van der Waals surface area (Å²) < 4.78 is 4.76. The van der Waals surface area contributed by atoms with Crippen molar-refractivity contribution in [3.63, 3.8) is 0 Å². The molecule has 1 rings (SSSR count). The maximum atomic E-state index is 10.5. The second-order valence-corrected chi connectivity index (χ2v) is 2.39. The van der Waals surface area contributed by atoms with E-state index in [1.165, 1.54) is 0 Å². The molecule has 0 unspecified atom stereocenters. The summed E-state index contributed by atoms with van der Waals surface area (Å²) in [6.07, 6.45) is 0.137. The Morgan fingerprint density at radius 2 is 2.44 bits per heavy atom. The van der Waals surface area contributed by atoms with Crippen LogP contribution in [-0.4, -0.2) is 23.3 Å². The van der Waals surface area contributed by atoms with Gasteiger partial charge in [0, 0.05) is 6.42 Å². The standard InChI is InChI=1S/C6H10O3/c1-4-2-5(7)3-6(8)9-4/h4-5,7H,2-3H2,1H3/t4-,5+/m1/s1. The number of carbonyl (C=O) groups is 1. The zero-order valence-corrected chi connectivity index (χ0v) is 5.33. The number of esters is 1. The highest BCUT2D eigenvalue weighted by molar-refractivity contribution is 5.70. The first-order chi connectivity index (χ1) is 4.18. The Hall–Kier alpha value is -0.570. The fourth-order valence-corrected chi connectivity index (χ4v) is 0.979. The van der Waals surface area contributed by atoms with Gasteiger partial charge in [0.25, 0.3) is 0 Å². The number of carbonyl (C=O) groups excluding carboxylic acids is 1. The van der Waals surface area contributed by atoms with Gasteiger partial charge in [-0.15, -0.1) is 0 Å². The lowest BCUT2D eigenvalue weighted by Crippen LogP contribution is -2.30. The summed E-state index contributed by atoms with van der Waals surface area (Å²) >= 11 is 0. The molecular weight excluding hydrogens is 120 g/mol. The van der Waals surface area contributed by atoms with Crippen LogP contribution in [-0.2, 0) is 9.53 Å². The van der Waals surface area contributed by atoms with Gasteiger partial charge in [-0.2, -0.15) is 0 Å². The summed E-state index contributed by atoms with van der Waals surface area (Å²) in [7, 11) is 0. The number of hydrogen-bond acceptors (Lipinski definition) is 3. The summed E-state index contributed by atoms with van der Waals surface area (Å²) in [6.45, 7) is 1.78. The maximum absolute atomic E-state index is 10.5. The third-order valence-corrected chi connectivity index (χ3v) is 1.34. The van der Waals surface area contributed by atoms with E-state index < -0.39 is 6.10 Å². The average Bonchev–Trinajstić information content (AvgIpc) is 1.59. The minimum Gasteiger partial charge on any atom is -0.462 e. The van der Waals surface area contributed by atoms with Crippen LogP contribution in [0.1, 0.15) is 19.8 Å². The minimum atomic E-state index is -0.485. The first-order valence-corrected chi connectivity index (χ1v) is 3.06. The van der Waals surface area contributed by atoms with Crippen molar-refractivity contribution in [3.8, 4) is 0 Å². The van der Waals surface area contributed by atoms with E-state index in [-0.39, 0.29) is 18.5 Å². The van der Waals surface area contributed by atoms with Gasteiger partial charge in [-0.3, -0.25) is 4.79 Å². The number of rotatable bonds is 0. The van der Waals surface area contributed by atoms with E-state index in [1.807, 2.05) is 0 Å². The molecule has 3 nitrogen and oxygen atoms in total. The Kier molecular flexibility index (Phi) is 1.71. The smallest absolute Gasteiger partial charge is 0.308 e. The van der Waals surface area contributed by atoms with Crippen LogP contribution >= 0.6 is 0 Å². The third kappa shape index (κ3) is 1.68. The lowest BCUT2D eigenvalue weighted by atomic mass is 10.1. The number of cyclic esters (lactones) is 1. The lowest BCUT2D eigenvalue weighted by Gasteiger charge is -2.22. The molecule has 1 heterocycles. The first kappa shape index (κ1) is 6.55. The van der Waals surface area contributed by atoms with Crippen LogP contribution in [0.15, 0.2) is 0 Å². The van der Waals surface area contributed by atoms with Gasteiger partial charge in [0.15, 0.2) is 0 Å². The molecule has 0 aromatic heterocycles.